The molecule has 0 radical (unpaired) electrons. The first kappa shape index (κ1) is 26.7. The summed E-state index contributed by atoms with van der Waals surface area (Å²) in [4.78, 5) is 22.1. The van der Waals surface area contributed by atoms with Crippen LogP contribution in [0.4, 0.5) is 5.69 Å². The SMILES string of the molecule is CSOON(c1c(C(C)=O)oc2nc(-c3ccc(Cl)cc3Cl)c(-c3ccc(Cl)cc3)cc12)S(C)(=O)=O. The molecule has 2 aromatic heterocycles. The number of carbonyl (C=O) groups is 1. The number of aromatic nitrogens is 1. The van der Waals surface area contributed by atoms with Gasteiger partial charge in [-0.25, -0.2) is 13.4 Å². The van der Waals surface area contributed by atoms with Gasteiger partial charge in [0.05, 0.1) is 22.4 Å². The molecular weight excluding hydrogens is 571 g/mol. The molecule has 0 unspecified atom stereocenters. The van der Waals surface area contributed by atoms with Gasteiger partial charge in [-0.2, -0.15) is 0 Å². The summed E-state index contributed by atoms with van der Waals surface area (Å²) in [5, 5.41) is 1.48. The van der Waals surface area contributed by atoms with Gasteiger partial charge < -0.3 is 4.42 Å². The highest BCUT2D eigenvalue weighted by atomic mass is 35.5. The van der Waals surface area contributed by atoms with Crippen LogP contribution >= 0.6 is 46.8 Å². The van der Waals surface area contributed by atoms with E-state index in [1.54, 1.807) is 48.5 Å². The molecule has 8 nitrogen and oxygen atoms in total. The topological polar surface area (TPSA) is 98.9 Å². The third-order valence-corrected chi connectivity index (χ3v) is 6.81. The number of hydrogen-bond donors (Lipinski definition) is 0. The largest absolute Gasteiger partial charge is 0.432 e. The first-order valence-electron chi connectivity index (χ1n) is 10.1. The van der Waals surface area contributed by atoms with Crippen molar-refractivity contribution < 1.29 is 27.0 Å². The Balaban J connectivity index is 2.10. The Kier molecular flexibility index (Phi) is 7.86. The standard InChI is InChI=1S/C23H17Cl3N2O6S2/c1-12(29)22-21(28(33-34-35-2)36(3,30)31)18-11-17(13-4-6-14(24)7-5-13)20(27-23(18)32-22)16-9-8-15(25)10-19(16)26/h4-11H,1-3H3. The van der Waals surface area contributed by atoms with Crippen LogP contribution in [-0.4, -0.2) is 31.7 Å². The van der Waals surface area contributed by atoms with Gasteiger partial charge in [-0.1, -0.05) is 51.9 Å². The second-order valence-corrected chi connectivity index (χ2v) is 11.1. The highest BCUT2D eigenvalue weighted by molar-refractivity contribution is 7.94. The molecular formula is C23H17Cl3N2O6S2. The average molecular weight is 588 g/mol. The minimum atomic E-state index is -4.08. The minimum Gasteiger partial charge on any atom is -0.432 e. The second-order valence-electron chi connectivity index (χ2n) is 7.50. The molecule has 4 aromatic rings. The van der Waals surface area contributed by atoms with Crippen molar-refractivity contribution in [3.05, 3.63) is 69.4 Å². The number of nitrogens with zero attached hydrogens (tertiary/aromatic N) is 2. The number of fused-ring (bicyclic) bond motifs is 1. The smallest absolute Gasteiger partial charge is 0.257 e. The molecule has 0 aliphatic rings. The molecule has 0 saturated heterocycles. The zero-order valence-electron chi connectivity index (χ0n) is 18.9. The summed E-state index contributed by atoms with van der Waals surface area (Å²) in [7, 11) is -4.08. The Labute approximate surface area is 226 Å². The highest BCUT2D eigenvalue weighted by Gasteiger charge is 2.32. The van der Waals surface area contributed by atoms with Crippen molar-refractivity contribution in [3.8, 4) is 22.4 Å². The normalized spacial score (nSPS) is 11.7. The summed E-state index contributed by atoms with van der Waals surface area (Å²) < 4.78 is 36.3. The molecule has 0 bridgehead atoms. The number of rotatable bonds is 8. The van der Waals surface area contributed by atoms with Gasteiger partial charge in [0.1, 0.15) is 5.69 Å². The zero-order valence-corrected chi connectivity index (χ0v) is 22.8. The maximum absolute atomic E-state index is 12.6. The maximum atomic E-state index is 12.6. The van der Waals surface area contributed by atoms with E-state index in [2.05, 4.69) is 4.98 Å². The molecule has 4 rings (SSSR count). The Hall–Kier alpha value is -2.31. The number of carbonyl (C=O) groups excluding carboxylic acids is 1. The number of Topliss-reactive ketones (excluding diaryl/α,β-unsaturated/α-hetero) is 1. The van der Waals surface area contributed by atoms with Gasteiger partial charge >= 0.3 is 0 Å². The van der Waals surface area contributed by atoms with Gasteiger partial charge in [-0.3, -0.25) is 4.79 Å². The number of ketones is 1. The van der Waals surface area contributed by atoms with Crippen molar-refractivity contribution in [2.45, 2.75) is 6.92 Å². The Morgan fingerprint density at radius 3 is 2.28 bits per heavy atom. The van der Waals surface area contributed by atoms with Crippen LogP contribution in [0.25, 0.3) is 33.5 Å². The summed E-state index contributed by atoms with van der Waals surface area (Å²) >= 11 is 19.4. The monoisotopic (exact) mass is 586 g/mol. The van der Waals surface area contributed by atoms with Crippen LogP contribution in [0.3, 0.4) is 0 Å². The number of sulfonamides is 1. The average Bonchev–Trinajstić information content (AvgIpc) is 3.17. The molecule has 0 atom stereocenters. The molecule has 0 saturated carbocycles. The Bertz CT molecular complexity index is 1570. The third-order valence-electron chi connectivity index (χ3n) is 4.97. The van der Waals surface area contributed by atoms with Crippen LogP contribution in [0.15, 0.2) is 52.9 Å². The fourth-order valence-electron chi connectivity index (χ4n) is 3.48. The van der Waals surface area contributed by atoms with Crippen molar-refractivity contribution in [1.82, 2.24) is 4.98 Å². The molecule has 188 valence electrons. The summed E-state index contributed by atoms with van der Waals surface area (Å²) in [6, 6.07) is 13.5. The molecule has 0 amide bonds. The number of furan rings is 1. The summed E-state index contributed by atoms with van der Waals surface area (Å²) in [5.74, 6) is -0.836. The van der Waals surface area contributed by atoms with E-state index >= 15 is 0 Å². The van der Waals surface area contributed by atoms with Crippen LogP contribution in [0.5, 0.6) is 0 Å². The lowest BCUT2D eigenvalue weighted by molar-refractivity contribution is -0.183. The van der Waals surface area contributed by atoms with Crippen LogP contribution in [0.1, 0.15) is 17.5 Å². The molecule has 2 heterocycles. The van der Waals surface area contributed by atoms with Gasteiger partial charge in [-0.15, -0.1) is 8.80 Å². The van der Waals surface area contributed by atoms with E-state index in [-0.39, 0.29) is 22.5 Å². The van der Waals surface area contributed by atoms with E-state index in [0.717, 1.165) is 18.3 Å². The van der Waals surface area contributed by atoms with E-state index in [9.17, 15) is 13.2 Å². The van der Waals surface area contributed by atoms with E-state index < -0.39 is 15.8 Å². The van der Waals surface area contributed by atoms with Gasteiger partial charge in [0.2, 0.25) is 5.71 Å². The number of pyridine rings is 1. The molecule has 36 heavy (non-hydrogen) atoms. The molecule has 0 fully saturated rings. The summed E-state index contributed by atoms with van der Waals surface area (Å²) in [6.07, 6.45) is 2.43. The van der Waals surface area contributed by atoms with Crippen molar-refractivity contribution in [3.63, 3.8) is 0 Å². The first-order valence-corrected chi connectivity index (χ1v) is 14.2. The number of hydrogen-bond acceptors (Lipinski definition) is 8. The fraction of sp³-hybridized carbons (Fsp3) is 0.130. The fourth-order valence-corrected chi connectivity index (χ4v) is 4.92. The van der Waals surface area contributed by atoms with Crippen molar-refractivity contribution in [1.29, 1.82) is 0 Å². The van der Waals surface area contributed by atoms with E-state index in [1.165, 1.54) is 13.2 Å². The lowest BCUT2D eigenvalue weighted by Crippen LogP contribution is -2.30. The Morgan fingerprint density at radius 1 is 1.03 bits per heavy atom. The molecule has 0 N–H and O–H groups in total. The molecule has 2 aromatic carbocycles. The quantitative estimate of drug-likeness (QED) is 0.0921. The van der Waals surface area contributed by atoms with Crippen LogP contribution in [0.2, 0.25) is 15.1 Å². The Morgan fingerprint density at radius 2 is 1.69 bits per heavy atom. The van der Waals surface area contributed by atoms with E-state index in [4.69, 9.17) is 48.5 Å². The van der Waals surface area contributed by atoms with Crippen LogP contribution < -0.4 is 4.47 Å². The van der Waals surface area contributed by atoms with Gasteiger partial charge in [0.15, 0.2) is 11.5 Å². The number of anilines is 1. The molecule has 0 aliphatic heterocycles. The van der Waals surface area contributed by atoms with Crippen molar-refractivity contribution in [2.75, 3.05) is 17.0 Å². The zero-order chi connectivity index (χ0) is 26.2. The van der Waals surface area contributed by atoms with Gasteiger partial charge in [0, 0.05) is 46.4 Å². The lowest BCUT2D eigenvalue weighted by atomic mass is 9.98. The summed E-state index contributed by atoms with van der Waals surface area (Å²) in [5.41, 5.74) is 2.01. The number of benzene rings is 2. The molecule has 0 aliphatic carbocycles. The van der Waals surface area contributed by atoms with Crippen LogP contribution in [-0.2, 0) is 19.3 Å². The van der Waals surface area contributed by atoms with Gasteiger partial charge in [0.25, 0.3) is 10.0 Å². The van der Waals surface area contributed by atoms with Crippen LogP contribution in [0, 0.1) is 0 Å². The van der Waals surface area contributed by atoms with Crippen molar-refractivity contribution >= 4 is 79.4 Å². The maximum Gasteiger partial charge on any atom is 0.257 e. The highest BCUT2D eigenvalue weighted by Crippen LogP contribution is 2.43. The second kappa shape index (κ2) is 10.6. The summed E-state index contributed by atoms with van der Waals surface area (Å²) in [6.45, 7) is 1.23. The molecule has 0 spiro atoms. The van der Waals surface area contributed by atoms with E-state index in [0.29, 0.717) is 41.9 Å². The minimum absolute atomic E-state index is 0.0182. The number of halogens is 3. The van der Waals surface area contributed by atoms with Crippen molar-refractivity contribution in [2.24, 2.45) is 0 Å². The van der Waals surface area contributed by atoms with E-state index in [1.807, 2.05) is 0 Å². The van der Waals surface area contributed by atoms with Gasteiger partial charge in [-0.05, 0) is 42.0 Å². The third kappa shape index (κ3) is 5.35. The predicted molar refractivity (Wildman–Crippen MR) is 143 cm³/mol. The lowest BCUT2D eigenvalue weighted by Gasteiger charge is -2.18. The molecule has 13 heteroatoms. The predicted octanol–water partition coefficient (Wildman–Crippen LogP) is 7.23. The first-order chi connectivity index (χ1) is 17.0.